The zero-order chi connectivity index (χ0) is 24.2. The van der Waals surface area contributed by atoms with Crippen LogP contribution in [0, 0.1) is 5.82 Å². The Hall–Kier alpha value is -2.03. The first-order valence-corrected chi connectivity index (χ1v) is 12.8. The van der Waals surface area contributed by atoms with Crippen molar-refractivity contribution in [2.45, 2.75) is 38.9 Å². The molecule has 0 aliphatic carbocycles. The van der Waals surface area contributed by atoms with Crippen molar-refractivity contribution >= 4 is 25.1 Å². The number of amides is 1. The van der Waals surface area contributed by atoms with Gasteiger partial charge in [-0.2, -0.15) is 0 Å². The third-order valence-electron chi connectivity index (χ3n) is 5.63. The van der Waals surface area contributed by atoms with E-state index in [0.717, 1.165) is 5.56 Å². The predicted molar refractivity (Wildman–Crippen MR) is 123 cm³/mol. The lowest BCUT2D eigenvalue weighted by atomic mass is 10.1. The highest BCUT2D eigenvalue weighted by Gasteiger charge is 2.32. The smallest absolute Gasteiger partial charge is 0.325 e. The van der Waals surface area contributed by atoms with Crippen molar-refractivity contribution in [3.8, 4) is 5.88 Å². The Morgan fingerprint density at radius 2 is 1.94 bits per heavy atom. The van der Waals surface area contributed by atoms with E-state index in [9.17, 15) is 13.8 Å². The molecule has 3 rings (SSSR count). The fourth-order valence-corrected chi connectivity index (χ4v) is 4.56. The first-order chi connectivity index (χ1) is 15.5. The molecule has 0 saturated carbocycles. The molecule has 1 aliphatic heterocycles. The van der Waals surface area contributed by atoms with E-state index in [1.165, 1.54) is 24.4 Å². The van der Waals surface area contributed by atoms with Crippen LogP contribution in [0.1, 0.15) is 25.0 Å². The van der Waals surface area contributed by atoms with Crippen LogP contribution in [0.4, 0.5) is 4.39 Å². The number of carbonyl (C=O) groups excluding carboxylic acids is 1. The lowest BCUT2D eigenvalue weighted by Gasteiger charge is -2.44. The van der Waals surface area contributed by atoms with Crippen LogP contribution >= 0.6 is 19.2 Å². The second-order valence-electron chi connectivity index (χ2n) is 8.34. The molecule has 1 fully saturated rings. The highest BCUT2D eigenvalue weighted by atomic mass is 35.5. The summed E-state index contributed by atoms with van der Waals surface area (Å²) in [4.78, 5) is 39.3. The van der Waals surface area contributed by atoms with Gasteiger partial charge in [0.1, 0.15) is 5.82 Å². The fraction of sp³-hybridized carbons (Fsp3) is 0.455. The molecular weight excluding hydrogens is 472 g/mol. The third kappa shape index (κ3) is 7.48. The van der Waals surface area contributed by atoms with Gasteiger partial charge in [-0.1, -0.05) is 23.7 Å². The molecule has 8 nitrogen and oxygen atoms in total. The summed E-state index contributed by atoms with van der Waals surface area (Å²) >= 11 is 5.96. The molecule has 33 heavy (non-hydrogen) atoms. The van der Waals surface area contributed by atoms with E-state index in [1.807, 2.05) is 13.8 Å². The second kappa shape index (κ2) is 10.9. The zero-order valence-electron chi connectivity index (χ0n) is 18.5. The number of nitrogens with zero attached hydrogens (tertiary/aromatic N) is 3. The highest BCUT2D eigenvalue weighted by Crippen LogP contribution is 2.36. The molecule has 2 N–H and O–H groups in total. The Bertz CT molecular complexity index is 1020. The van der Waals surface area contributed by atoms with Crippen molar-refractivity contribution in [1.29, 1.82) is 0 Å². The summed E-state index contributed by atoms with van der Waals surface area (Å²) in [5.41, 5.74) is 1.44. The van der Waals surface area contributed by atoms with Gasteiger partial charge in [0.25, 0.3) is 5.91 Å². The molecule has 2 atom stereocenters. The van der Waals surface area contributed by atoms with Crippen molar-refractivity contribution < 1.29 is 28.3 Å². The maximum Gasteiger partial charge on any atom is 0.325 e. The van der Waals surface area contributed by atoms with Crippen LogP contribution in [-0.2, 0) is 22.3 Å². The van der Waals surface area contributed by atoms with Crippen LogP contribution < -0.4 is 4.74 Å². The Kier molecular flexibility index (Phi) is 8.48. The van der Waals surface area contributed by atoms with E-state index >= 15 is 0 Å². The Balaban J connectivity index is 1.59. The minimum atomic E-state index is -4.20. The number of benzene rings is 1. The number of hydrogen-bond acceptors (Lipinski definition) is 5. The molecule has 0 radical (unpaired) electrons. The van der Waals surface area contributed by atoms with Crippen molar-refractivity contribution in [3.63, 3.8) is 0 Å². The third-order valence-corrected chi connectivity index (χ3v) is 6.64. The molecule has 1 amide bonds. The molecule has 180 valence electrons. The first kappa shape index (κ1) is 25.6. The molecule has 1 aromatic heterocycles. The van der Waals surface area contributed by atoms with E-state index in [4.69, 9.17) is 26.1 Å². The number of hydrogen-bond donors (Lipinski definition) is 2. The van der Waals surface area contributed by atoms with E-state index in [0.29, 0.717) is 30.2 Å². The number of aromatic nitrogens is 1. The highest BCUT2D eigenvalue weighted by molar-refractivity contribution is 7.51. The van der Waals surface area contributed by atoms with Gasteiger partial charge in [-0.15, -0.1) is 0 Å². The van der Waals surface area contributed by atoms with Crippen LogP contribution in [0.3, 0.4) is 0 Å². The number of pyridine rings is 1. The summed E-state index contributed by atoms with van der Waals surface area (Å²) in [6.45, 7) is 5.61. The van der Waals surface area contributed by atoms with Gasteiger partial charge >= 0.3 is 7.60 Å². The van der Waals surface area contributed by atoms with E-state index in [1.54, 1.807) is 17.0 Å². The molecule has 1 aromatic carbocycles. The summed E-state index contributed by atoms with van der Waals surface area (Å²) in [6.07, 6.45) is 1.02. The van der Waals surface area contributed by atoms with Crippen molar-refractivity contribution in [3.05, 3.63) is 58.5 Å². The molecule has 0 unspecified atom stereocenters. The van der Waals surface area contributed by atoms with Crippen LogP contribution in [0.2, 0.25) is 5.02 Å². The van der Waals surface area contributed by atoms with E-state index < -0.39 is 7.60 Å². The van der Waals surface area contributed by atoms with Crippen LogP contribution in [0.5, 0.6) is 5.88 Å². The van der Waals surface area contributed by atoms with Crippen LogP contribution in [0.15, 0.2) is 36.5 Å². The van der Waals surface area contributed by atoms with Gasteiger partial charge in [0.2, 0.25) is 5.88 Å². The second-order valence-corrected chi connectivity index (χ2v) is 10.6. The lowest BCUT2D eigenvalue weighted by Crippen LogP contribution is -2.58. The van der Waals surface area contributed by atoms with Gasteiger partial charge in [0.15, 0.2) is 6.61 Å². The molecule has 11 heteroatoms. The van der Waals surface area contributed by atoms with Gasteiger partial charge in [0.05, 0.1) is 11.2 Å². The van der Waals surface area contributed by atoms with Gasteiger partial charge in [-0.3, -0.25) is 14.3 Å². The van der Waals surface area contributed by atoms with E-state index in [2.05, 4.69) is 9.88 Å². The van der Waals surface area contributed by atoms with Gasteiger partial charge in [-0.25, -0.2) is 9.37 Å². The van der Waals surface area contributed by atoms with Crippen LogP contribution in [0.25, 0.3) is 0 Å². The van der Waals surface area contributed by atoms with Crippen LogP contribution in [-0.4, -0.2) is 68.4 Å². The summed E-state index contributed by atoms with van der Waals surface area (Å²) in [5, 5.41) is 0.314. The average molecular weight is 500 g/mol. The standard InChI is InChI=1S/C22H28ClFN3O5P/c1-15-12-27(16(2)11-26(15)13-17-3-5-20(24)6-4-17)21(28)14-32-22-18(7-8-33(29,30)31)9-19(23)10-25-22/h3-6,9-10,15-16H,7-8,11-14H2,1-2H3,(H2,29,30,31)/t15-,16+/m0/s1. The summed E-state index contributed by atoms with van der Waals surface area (Å²) in [5.74, 6) is -0.332. The summed E-state index contributed by atoms with van der Waals surface area (Å²) in [7, 11) is -4.20. The quantitative estimate of drug-likeness (QED) is 0.538. The molecule has 2 heterocycles. The molecule has 0 bridgehead atoms. The topological polar surface area (TPSA) is 103 Å². The number of carbonyl (C=O) groups is 1. The first-order valence-electron chi connectivity index (χ1n) is 10.6. The van der Waals surface area contributed by atoms with E-state index in [-0.39, 0.29) is 48.9 Å². The van der Waals surface area contributed by atoms with Gasteiger partial charge < -0.3 is 19.4 Å². The number of aryl methyl sites for hydroxylation is 1. The monoisotopic (exact) mass is 499 g/mol. The van der Waals surface area contributed by atoms with Gasteiger partial charge in [-0.05, 0) is 44.0 Å². The summed E-state index contributed by atoms with van der Waals surface area (Å²) < 4.78 is 30.0. The largest absolute Gasteiger partial charge is 0.467 e. The lowest BCUT2D eigenvalue weighted by molar-refractivity contribution is -0.139. The molecule has 1 saturated heterocycles. The summed E-state index contributed by atoms with van der Waals surface area (Å²) in [6, 6.07) is 8.00. The Morgan fingerprint density at radius 1 is 1.24 bits per heavy atom. The number of ether oxygens (including phenoxy) is 1. The SMILES string of the molecule is C[C@@H]1CN(Cc2ccc(F)cc2)[C@@H](C)CN1C(=O)COc1ncc(Cl)cc1CCP(=O)(O)O. The predicted octanol–water partition coefficient (Wildman–Crippen LogP) is 3.09. The van der Waals surface area contributed by atoms with Crippen molar-refractivity contribution in [2.24, 2.45) is 0 Å². The molecular formula is C22H28ClFN3O5P. The number of rotatable bonds is 8. The Labute approximate surface area is 197 Å². The number of halogens is 2. The molecule has 2 aromatic rings. The molecule has 0 spiro atoms. The average Bonchev–Trinajstić information content (AvgIpc) is 2.74. The maximum absolute atomic E-state index is 13.2. The minimum absolute atomic E-state index is 0.0247. The zero-order valence-corrected chi connectivity index (χ0v) is 20.2. The molecule has 1 aliphatic rings. The minimum Gasteiger partial charge on any atom is -0.467 e. The van der Waals surface area contributed by atoms with Crippen molar-refractivity contribution in [1.82, 2.24) is 14.8 Å². The van der Waals surface area contributed by atoms with Crippen molar-refractivity contribution in [2.75, 3.05) is 25.9 Å². The fourth-order valence-electron chi connectivity index (χ4n) is 3.85. The normalized spacial score (nSPS) is 19.5. The van der Waals surface area contributed by atoms with Gasteiger partial charge in [0, 0.05) is 43.5 Å². The maximum atomic E-state index is 13.2. The Morgan fingerprint density at radius 3 is 2.61 bits per heavy atom. The number of piperazine rings is 1.